The summed E-state index contributed by atoms with van der Waals surface area (Å²) < 4.78 is 0. The zero-order chi connectivity index (χ0) is 19.0. The molecule has 0 bridgehead atoms. The number of allylic oxidation sites excluding steroid dienone is 2. The van der Waals surface area contributed by atoms with Crippen molar-refractivity contribution in [2.45, 2.75) is 53.6 Å². The maximum atomic E-state index is 10.3. The first kappa shape index (κ1) is 20.2. The maximum absolute atomic E-state index is 10.3. The summed E-state index contributed by atoms with van der Waals surface area (Å²) in [6.07, 6.45) is 0. The van der Waals surface area contributed by atoms with Crippen molar-refractivity contribution in [3.8, 4) is 12.1 Å². The molecule has 6 heteroatoms. The van der Waals surface area contributed by atoms with E-state index in [0.717, 1.165) is 36.8 Å². The number of hydrogen-bond donors (Lipinski definition) is 0. The van der Waals surface area contributed by atoms with Crippen LogP contribution in [0.15, 0.2) is 21.6 Å². The summed E-state index contributed by atoms with van der Waals surface area (Å²) in [5, 5.41) is 19.5. The Balaban J connectivity index is 2.74. The van der Waals surface area contributed by atoms with Crippen molar-refractivity contribution in [3.63, 3.8) is 0 Å². The second kappa shape index (κ2) is 7.22. The summed E-state index contributed by atoms with van der Waals surface area (Å²) in [7, 11) is -0.754. The van der Waals surface area contributed by atoms with Crippen LogP contribution in [0.2, 0.25) is 0 Å². The van der Waals surface area contributed by atoms with E-state index in [2.05, 4.69) is 70.4 Å². The van der Waals surface area contributed by atoms with Crippen LogP contribution >= 0.6 is 18.5 Å². The summed E-state index contributed by atoms with van der Waals surface area (Å²) in [5.41, 5.74) is 3.01. The van der Waals surface area contributed by atoms with Gasteiger partial charge in [-0.25, -0.2) is 0 Å². The maximum Gasteiger partial charge on any atom is 0.169 e. The molecule has 0 aromatic rings. The summed E-state index contributed by atoms with van der Waals surface area (Å²) in [4.78, 5) is 5.79. The van der Waals surface area contributed by atoms with E-state index in [1.165, 1.54) is 5.44 Å². The Bertz CT molecular complexity index is 684. The highest BCUT2D eigenvalue weighted by molar-refractivity contribution is 8.60. The van der Waals surface area contributed by atoms with Gasteiger partial charge in [-0.15, -0.1) is 0 Å². The van der Waals surface area contributed by atoms with Gasteiger partial charge in [0.1, 0.15) is 0 Å². The van der Waals surface area contributed by atoms with E-state index in [-0.39, 0.29) is 5.41 Å². The molecule has 0 radical (unpaired) electrons. The largest absolute Gasteiger partial charge is 0.372 e. The summed E-state index contributed by atoms with van der Waals surface area (Å²) >= 11 is 1.81. The van der Waals surface area contributed by atoms with Crippen LogP contribution < -0.4 is 0 Å². The lowest BCUT2D eigenvalue weighted by Gasteiger charge is -2.51. The van der Waals surface area contributed by atoms with E-state index < -0.39 is 12.3 Å². The molecule has 2 rings (SSSR count). The number of fused-ring (bicyclic) bond motifs is 1. The fourth-order valence-electron chi connectivity index (χ4n) is 3.60. The fourth-order valence-corrected chi connectivity index (χ4v) is 10.3. The van der Waals surface area contributed by atoms with Crippen molar-refractivity contribution >= 4 is 18.5 Å². The molecular weight excluding hydrogens is 347 g/mol. The van der Waals surface area contributed by atoms with Crippen LogP contribution in [0, 0.1) is 28.1 Å². The smallest absolute Gasteiger partial charge is 0.169 e. The highest BCUT2D eigenvalue weighted by Gasteiger charge is 2.66. The molecule has 2 aliphatic rings. The molecule has 0 aromatic heterocycles. The molecule has 0 saturated carbocycles. The van der Waals surface area contributed by atoms with Crippen LogP contribution in [0.25, 0.3) is 0 Å². The first-order valence-corrected chi connectivity index (χ1v) is 11.8. The molecule has 0 amide bonds. The summed E-state index contributed by atoms with van der Waals surface area (Å²) in [6, 6.07) is 5.06. The highest BCUT2D eigenvalue weighted by Crippen LogP contribution is 2.86. The Hall–Kier alpha value is -1.16. The first-order valence-electron chi connectivity index (χ1n) is 9.07. The Morgan fingerprint density at radius 1 is 1.00 bits per heavy atom. The van der Waals surface area contributed by atoms with E-state index in [1.807, 2.05) is 0 Å². The van der Waals surface area contributed by atoms with Crippen LogP contribution in [0.4, 0.5) is 0 Å². The van der Waals surface area contributed by atoms with Gasteiger partial charge in [0.15, 0.2) is 5.16 Å². The summed E-state index contributed by atoms with van der Waals surface area (Å²) in [5.74, 6) is 0. The first-order chi connectivity index (χ1) is 11.8. The standard InChI is InChI=1S/C19H29N4PS/c1-8-22(9-2)15-17(23(10-3)11-4)24-19(15,13-21)14(12-20)16(25-24)18(5,6)7/h8-11H2,1-7H3. The average molecular weight is 377 g/mol. The van der Waals surface area contributed by atoms with E-state index >= 15 is 0 Å². The molecule has 0 spiro atoms. The highest BCUT2D eigenvalue weighted by atomic mass is 32.7. The van der Waals surface area contributed by atoms with E-state index in [1.54, 1.807) is 11.4 Å². The molecule has 2 unspecified atom stereocenters. The molecule has 0 saturated heterocycles. The SMILES string of the molecule is CCN(CC)C1=C(N(CC)CC)C2(C#N)C(C#N)=C(C(C)(C)C)SP12. The van der Waals surface area contributed by atoms with Crippen LogP contribution in [-0.2, 0) is 0 Å². The van der Waals surface area contributed by atoms with Gasteiger partial charge >= 0.3 is 0 Å². The van der Waals surface area contributed by atoms with Crippen LogP contribution in [0.3, 0.4) is 0 Å². The predicted octanol–water partition coefficient (Wildman–Crippen LogP) is 5.08. The molecule has 2 atom stereocenters. The lowest BCUT2D eigenvalue weighted by Crippen LogP contribution is -2.48. The number of nitriles is 2. The molecule has 0 N–H and O–H groups in total. The third-order valence-corrected chi connectivity index (χ3v) is 10.6. The lowest BCUT2D eigenvalue weighted by atomic mass is 9.86. The molecular formula is C19H29N4PS. The van der Waals surface area contributed by atoms with Gasteiger partial charge < -0.3 is 9.80 Å². The van der Waals surface area contributed by atoms with Crippen molar-refractivity contribution in [1.29, 1.82) is 10.5 Å². The van der Waals surface area contributed by atoms with Gasteiger partial charge in [0, 0.05) is 38.2 Å². The molecule has 2 aliphatic heterocycles. The Morgan fingerprint density at radius 3 is 1.88 bits per heavy atom. The molecule has 2 heterocycles. The molecule has 136 valence electrons. The van der Waals surface area contributed by atoms with Crippen LogP contribution in [0.5, 0.6) is 0 Å². The number of hydrogen-bond acceptors (Lipinski definition) is 5. The predicted molar refractivity (Wildman–Crippen MR) is 108 cm³/mol. The fraction of sp³-hybridized carbons (Fsp3) is 0.684. The van der Waals surface area contributed by atoms with Gasteiger partial charge in [0.05, 0.1) is 28.8 Å². The van der Waals surface area contributed by atoms with Crippen molar-refractivity contribution in [1.82, 2.24) is 9.80 Å². The van der Waals surface area contributed by atoms with Crippen LogP contribution in [-0.4, -0.2) is 41.1 Å². The minimum atomic E-state index is -0.754. The Labute approximate surface area is 158 Å². The van der Waals surface area contributed by atoms with Crippen molar-refractivity contribution in [2.24, 2.45) is 5.41 Å². The zero-order valence-electron chi connectivity index (χ0n) is 16.5. The summed E-state index contributed by atoms with van der Waals surface area (Å²) in [6.45, 7) is 18.6. The average Bonchev–Trinajstić information content (AvgIpc) is 2.86. The third kappa shape index (κ3) is 2.77. The molecule has 0 aromatic carbocycles. The Kier molecular flexibility index (Phi) is 5.82. The Morgan fingerprint density at radius 2 is 1.52 bits per heavy atom. The molecule has 25 heavy (non-hydrogen) atoms. The lowest BCUT2D eigenvalue weighted by molar-refractivity contribution is 0.319. The van der Waals surface area contributed by atoms with Gasteiger partial charge in [0.2, 0.25) is 0 Å². The van der Waals surface area contributed by atoms with Crippen LogP contribution in [0.1, 0.15) is 48.5 Å². The van der Waals surface area contributed by atoms with Gasteiger partial charge in [-0.3, -0.25) is 0 Å². The number of nitrogens with zero attached hydrogens (tertiary/aromatic N) is 4. The minimum absolute atomic E-state index is 0.109. The van der Waals surface area contributed by atoms with Gasteiger partial charge in [-0.05, 0) is 33.1 Å². The van der Waals surface area contributed by atoms with E-state index in [4.69, 9.17) is 0 Å². The van der Waals surface area contributed by atoms with Gasteiger partial charge in [-0.1, -0.05) is 32.2 Å². The van der Waals surface area contributed by atoms with Crippen molar-refractivity contribution in [3.05, 3.63) is 21.6 Å². The second-order valence-electron chi connectivity index (χ2n) is 7.29. The van der Waals surface area contributed by atoms with Gasteiger partial charge in [-0.2, -0.15) is 10.5 Å². The molecule has 4 nitrogen and oxygen atoms in total. The molecule has 0 fully saturated rings. The normalized spacial score (nSPS) is 25.2. The monoisotopic (exact) mass is 376 g/mol. The quantitative estimate of drug-likeness (QED) is 0.605. The second-order valence-corrected chi connectivity index (χ2v) is 11.2. The van der Waals surface area contributed by atoms with Crippen molar-refractivity contribution < 1.29 is 0 Å². The number of rotatable bonds is 6. The van der Waals surface area contributed by atoms with Crippen molar-refractivity contribution in [2.75, 3.05) is 26.2 Å². The van der Waals surface area contributed by atoms with E-state index in [0.29, 0.717) is 5.57 Å². The minimum Gasteiger partial charge on any atom is -0.372 e. The van der Waals surface area contributed by atoms with E-state index in [9.17, 15) is 10.5 Å². The molecule has 0 aliphatic carbocycles. The van der Waals surface area contributed by atoms with Gasteiger partial charge in [0.25, 0.3) is 0 Å². The third-order valence-electron chi connectivity index (χ3n) is 4.92. The topological polar surface area (TPSA) is 54.1 Å². The zero-order valence-corrected chi connectivity index (χ0v) is 18.2.